The molecule has 1 fully saturated rings. The number of rotatable bonds is 4. The van der Waals surface area contributed by atoms with Crippen molar-refractivity contribution in [1.82, 2.24) is 0 Å². The number of benzene rings is 1. The topological polar surface area (TPSA) is 110 Å². The molecule has 0 amide bonds. The van der Waals surface area contributed by atoms with Gasteiger partial charge in [0.15, 0.2) is 5.78 Å². The van der Waals surface area contributed by atoms with Gasteiger partial charge in [0.25, 0.3) is 0 Å². The van der Waals surface area contributed by atoms with Gasteiger partial charge in [-0.3, -0.25) is 9.59 Å². The predicted molar refractivity (Wildman–Crippen MR) is 112 cm³/mol. The van der Waals surface area contributed by atoms with Crippen LogP contribution in [0.1, 0.15) is 57.8 Å². The highest BCUT2D eigenvalue weighted by molar-refractivity contribution is 5.96. The number of hydrogen-bond donors (Lipinski definition) is 2. The van der Waals surface area contributed by atoms with E-state index >= 15 is 0 Å². The lowest BCUT2D eigenvalue weighted by Gasteiger charge is -2.42. The third-order valence-electron chi connectivity index (χ3n) is 6.88. The van der Waals surface area contributed by atoms with Crippen LogP contribution in [0.5, 0.6) is 5.75 Å². The standard InChI is InChI=1S/C24H30O7/c1-13(2)24(29)12-20(30-15(4)25)23(5)11-18(27)14(3)10-19(21(23)24)31-22(28)16-6-8-17(26)9-7-16/h6-10,13,19-21,26,29H,11-12H2,1-5H3/t19-,20+,21+,23+,24-/m0/s1. The van der Waals surface area contributed by atoms with Crippen molar-refractivity contribution in [2.45, 2.75) is 65.3 Å². The zero-order chi connectivity index (χ0) is 23.1. The average molecular weight is 430 g/mol. The Hall–Kier alpha value is -2.67. The maximum atomic E-state index is 12.9. The van der Waals surface area contributed by atoms with Crippen LogP contribution in [0, 0.1) is 17.3 Å². The number of allylic oxidation sites excluding steroid dienone is 1. The average Bonchev–Trinajstić information content (AvgIpc) is 2.82. The lowest BCUT2D eigenvalue weighted by Crippen LogP contribution is -2.50. The van der Waals surface area contributed by atoms with Crippen molar-refractivity contribution in [1.29, 1.82) is 0 Å². The monoisotopic (exact) mass is 430 g/mol. The Morgan fingerprint density at radius 3 is 2.32 bits per heavy atom. The van der Waals surface area contributed by atoms with Crippen molar-refractivity contribution in [3.8, 4) is 5.75 Å². The Morgan fingerprint density at radius 2 is 1.77 bits per heavy atom. The molecule has 2 aliphatic rings. The number of phenolic OH excluding ortho intramolecular Hbond substituents is 1. The van der Waals surface area contributed by atoms with Crippen LogP contribution < -0.4 is 0 Å². The fraction of sp³-hybridized carbons (Fsp3) is 0.542. The van der Waals surface area contributed by atoms with Gasteiger partial charge in [0.1, 0.15) is 18.0 Å². The smallest absolute Gasteiger partial charge is 0.338 e. The number of aromatic hydroxyl groups is 1. The quantitative estimate of drug-likeness (QED) is 0.706. The van der Waals surface area contributed by atoms with Crippen LogP contribution in [0.15, 0.2) is 35.9 Å². The van der Waals surface area contributed by atoms with Gasteiger partial charge >= 0.3 is 11.9 Å². The summed E-state index contributed by atoms with van der Waals surface area (Å²) in [5.41, 5.74) is -1.57. The fourth-order valence-corrected chi connectivity index (χ4v) is 5.10. The number of fused-ring (bicyclic) bond motifs is 1. The number of carbonyl (C=O) groups excluding carboxylic acids is 3. The summed E-state index contributed by atoms with van der Waals surface area (Å²) >= 11 is 0. The van der Waals surface area contributed by atoms with Gasteiger partial charge in [0.05, 0.1) is 11.2 Å². The zero-order valence-corrected chi connectivity index (χ0v) is 18.5. The molecule has 31 heavy (non-hydrogen) atoms. The minimum atomic E-state index is -1.32. The van der Waals surface area contributed by atoms with Crippen LogP contribution >= 0.6 is 0 Å². The SMILES string of the molecule is CC(=O)O[C@@H]1C[C@](O)(C(C)C)[C@@H]2[C@@H](OC(=O)c3ccc(O)cc3)C=C(C)C(=O)C[C@@]21C. The number of phenols is 1. The number of hydrogen-bond acceptors (Lipinski definition) is 7. The Morgan fingerprint density at radius 1 is 1.16 bits per heavy atom. The van der Waals surface area contributed by atoms with Gasteiger partial charge in [-0.2, -0.15) is 0 Å². The molecule has 5 atom stereocenters. The highest BCUT2D eigenvalue weighted by Crippen LogP contribution is 2.58. The zero-order valence-electron chi connectivity index (χ0n) is 18.5. The Kier molecular flexibility index (Phi) is 6.02. The highest BCUT2D eigenvalue weighted by Gasteiger charge is 2.66. The molecule has 3 rings (SSSR count). The molecule has 0 aliphatic heterocycles. The second kappa shape index (κ2) is 8.11. The molecule has 0 radical (unpaired) electrons. The minimum absolute atomic E-state index is 0.0223. The van der Waals surface area contributed by atoms with Crippen molar-refractivity contribution in [3.63, 3.8) is 0 Å². The molecular weight excluding hydrogens is 400 g/mol. The van der Waals surface area contributed by atoms with E-state index in [1.165, 1.54) is 31.2 Å². The van der Waals surface area contributed by atoms with Crippen molar-refractivity contribution in [3.05, 3.63) is 41.5 Å². The molecule has 0 bridgehead atoms. The summed E-state index contributed by atoms with van der Waals surface area (Å²) in [4.78, 5) is 37.5. The van der Waals surface area contributed by atoms with Crippen LogP contribution in [-0.2, 0) is 19.1 Å². The van der Waals surface area contributed by atoms with E-state index in [2.05, 4.69) is 0 Å². The highest BCUT2D eigenvalue weighted by atomic mass is 16.6. The van der Waals surface area contributed by atoms with E-state index in [1.54, 1.807) is 13.0 Å². The summed E-state index contributed by atoms with van der Waals surface area (Å²) in [7, 11) is 0. The molecule has 0 unspecified atom stereocenters. The van der Waals surface area contributed by atoms with Gasteiger partial charge in [0.2, 0.25) is 0 Å². The Bertz CT molecular complexity index is 916. The van der Waals surface area contributed by atoms with Crippen LogP contribution in [0.2, 0.25) is 0 Å². The van der Waals surface area contributed by atoms with E-state index in [-0.39, 0.29) is 35.9 Å². The molecule has 2 aliphatic carbocycles. The number of ketones is 1. The van der Waals surface area contributed by atoms with E-state index in [0.29, 0.717) is 5.57 Å². The van der Waals surface area contributed by atoms with Gasteiger partial charge in [-0.15, -0.1) is 0 Å². The van der Waals surface area contributed by atoms with Gasteiger partial charge in [-0.25, -0.2) is 4.79 Å². The second-order valence-corrected chi connectivity index (χ2v) is 9.30. The molecule has 1 aromatic rings. The summed E-state index contributed by atoms with van der Waals surface area (Å²) < 4.78 is 11.4. The third-order valence-corrected chi connectivity index (χ3v) is 6.88. The first kappa shape index (κ1) is 23.0. The molecule has 7 nitrogen and oxygen atoms in total. The van der Waals surface area contributed by atoms with Crippen molar-refractivity contribution >= 4 is 17.7 Å². The molecule has 7 heteroatoms. The first-order chi connectivity index (χ1) is 14.4. The van der Waals surface area contributed by atoms with E-state index < -0.39 is 41.1 Å². The van der Waals surface area contributed by atoms with Crippen LogP contribution in [-0.4, -0.2) is 45.7 Å². The van der Waals surface area contributed by atoms with Crippen molar-refractivity contribution in [2.24, 2.45) is 17.3 Å². The van der Waals surface area contributed by atoms with Crippen LogP contribution in [0.4, 0.5) is 0 Å². The fourth-order valence-electron chi connectivity index (χ4n) is 5.10. The predicted octanol–water partition coefficient (Wildman–Crippen LogP) is 3.18. The molecule has 0 saturated heterocycles. The number of Topliss-reactive ketones (excluding diaryl/α,β-unsaturated/α-hetero) is 1. The lowest BCUT2D eigenvalue weighted by molar-refractivity contribution is -0.154. The Balaban J connectivity index is 2.07. The molecule has 2 N–H and O–H groups in total. The number of carbonyl (C=O) groups is 3. The summed E-state index contributed by atoms with van der Waals surface area (Å²) in [6, 6.07) is 5.66. The normalized spacial score (nSPS) is 32.8. The molecule has 1 aromatic carbocycles. The maximum absolute atomic E-state index is 12.9. The molecule has 0 heterocycles. The van der Waals surface area contributed by atoms with Gasteiger partial charge in [-0.1, -0.05) is 20.8 Å². The number of ether oxygens (including phenoxy) is 2. The van der Waals surface area contributed by atoms with E-state index in [1.807, 2.05) is 20.8 Å². The number of esters is 2. The van der Waals surface area contributed by atoms with Crippen LogP contribution in [0.3, 0.4) is 0 Å². The third kappa shape index (κ3) is 4.11. The van der Waals surface area contributed by atoms with Crippen molar-refractivity contribution in [2.75, 3.05) is 0 Å². The molecule has 0 aromatic heterocycles. The molecule has 1 saturated carbocycles. The first-order valence-electron chi connectivity index (χ1n) is 10.5. The largest absolute Gasteiger partial charge is 0.508 e. The minimum Gasteiger partial charge on any atom is -0.508 e. The van der Waals surface area contributed by atoms with Gasteiger partial charge in [0, 0.05) is 31.1 Å². The molecule has 168 valence electrons. The van der Waals surface area contributed by atoms with E-state index in [9.17, 15) is 24.6 Å². The van der Waals surface area contributed by atoms with E-state index in [4.69, 9.17) is 9.47 Å². The molecule has 0 spiro atoms. The molecular formula is C24H30O7. The summed E-state index contributed by atoms with van der Waals surface area (Å²) in [5, 5.41) is 21.2. The van der Waals surface area contributed by atoms with Gasteiger partial charge < -0.3 is 19.7 Å². The number of aliphatic hydroxyl groups is 1. The second-order valence-electron chi connectivity index (χ2n) is 9.30. The van der Waals surface area contributed by atoms with Gasteiger partial charge in [-0.05, 0) is 48.8 Å². The first-order valence-corrected chi connectivity index (χ1v) is 10.5. The summed E-state index contributed by atoms with van der Waals surface area (Å²) in [5.74, 6) is -2.14. The van der Waals surface area contributed by atoms with Crippen molar-refractivity contribution < 1.29 is 34.1 Å². The lowest BCUT2D eigenvalue weighted by atomic mass is 9.67. The maximum Gasteiger partial charge on any atom is 0.338 e. The summed E-state index contributed by atoms with van der Waals surface area (Å²) in [6.45, 7) is 8.49. The van der Waals surface area contributed by atoms with E-state index in [0.717, 1.165) is 0 Å². The Labute approximate surface area is 182 Å². The van der Waals surface area contributed by atoms with Crippen LogP contribution in [0.25, 0.3) is 0 Å². The summed E-state index contributed by atoms with van der Waals surface area (Å²) in [6.07, 6.45) is 0.227.